The number of hydrogen-bond donors (Lipinski definition) is 3. The van der Waals surface area contributed by atoms with Crippen LogP contribution in [0.4, 0.5) is 0 Å². The fraction of sp³-hybridized carbons (Fsp3) is 0.238. The van der Waals surface area contributed by atoms with Gasteiger partial charge in [0.2, 0.25) is 0 Å². The summed E-state index contributed by atoms with van der Waals surface area (Å²) in [6.45, 7) is 3.43. The second kappa shape index (κ2) is 8.74. The number of aryl methyl sites for hydroxylation is 2. The second-order valence-corrected chi connectivity index (χ2v) is 6.57. The number of benzene rings is 2. The van der Waals surface area contributed by atoms with E-state index in [1.54, 1.807) is 33.1 Å². The summed E-state index contributed by atoms with van der Waals surface area (Å²) in [5.41, 5.74) is 0.656. The van der Waals surface area contributed by atoms with Crippen molar-refractivity contribution in [3.8, 4) is 23.0 Å². The van der Waals surface area contributed by atoms with Crippen LogP contribution < -0.4 is 25.3 Å². The summed E-state index contributed by atoms with van der Waals surface area (Å²) in [5, 5.41) is 10.3. The third-order valence-electron chi connectivity index (χ3n) is 4.45. The Bertz CT molecular complexity index is 1380. The topological polar surface area (TPSA) is 139 Å². The van der Waals surface area contributed by atoms with Gasteiger partial charge in [-0.25, -0.2) is 9.97 Å². The lowest BCUT2D eigenvalue weighted by Gasteiger charge is -2.08. The number of aromatic nitrogens is 4. The second-order valence-electron chi connectivity index (χ2n) is 6.57. The molecule has 0 aliphatic rings. The van der Waals surface area contributed by atoms with Crippen molar-refractivity contribution in [3.63, 3.8) is 0 Å². The quantitative estimate of drug-likeness (QED) is 0.453. The Morgan fingerprint density at radius 2 is 1.13 bits per heavy atom. The highest BCUT2D eigenvalue weighted by Crippen LogP contribution is 2.30. The van der Waals surface area contributed by atoms with E-state index in [1.165, 1.54) is 26.4 Å². The van der Waals surface area contributed by atoms with E-state index in [-0.39, 0.29) is 16.9 Å². The minimum absolute atomic E-state index is 0.0684. The number of H-pyrrole nitrogens is 2. The van der Waals surface area contributed by atoms with Gasteiger partial charge < -0.3 is 29.3 Å². The summed E-state index contributed by atoms with van der Waals surface area (Å²) < 4.78 is 15.2. The monoisotopic (exact) mass is 426 g/mol. The largest absolute Gasteiger partial charge is 0.504 e. The van der Waals surface area contributed by atoms with Gasteiger partial charge in [0.25, 0.3) is 11.1 Å². The number of aromatic hydroxyl groups is 1. The number of ether oxygens (including phenoxy) is 3. The number of nitrogens with one attached hydrogen (secondary N) is 2. The van der Waals surface area contributed by atoms with Crippen LogP contribution in [0.3, 0.4) is 0 Å². The lowest BCUT2D eigenvalue weighted by Crippen LogP contribution is -2.10. The normalized spacial score (nSPS) is 10.5. The third-order valence-corrected chi connectivity index (χ3v) is 4.45. The van der Waals surface area contributed by atoms with Crippen molar-refractivity contribution in [1.29, 1.82) is 0 Å². The maximum atomic E-state index is 11.7. The molecular formula is C21H22N4O6. The summed E-state index contributed by atoms with van der Waals surface area (Å²) in [5.74, 6) is 2.42. The average molecular weight is 426 g/mol. The van der Waals surface area contributed by atoms with Crippen LogP contribution in [0.15, 0.2) is 33.9 Å². The molecule has 3 N–H and O–H groups in total. The lowest BCUT2D eigenvalue weighted by atomic mass is 10.2. The summed E-state index contributed by atoms with van der Waals surface area (Å²) in [6, 6.07) is 6.20. The van der Waals surface area contributed by atoms with Crippen LogP contribution >= 0.6 is 0 Å². The number of aromatic amines is 2. The standard InChI is InChI=1S/C11H12N2O3.C10H10N2O3/c1-6-12-8-5-10(16-3)9(15-2)4-7(8)11(14)13-6;1-5-11-7-4-9(15-2)8(13)3-6(7)10(14)12-5/h4-5H,1-3H3,(H,12,13,14);3-4,13H,1-2H3,(H,11,12,14). The molecule has 0 amide bonds. The molecule has 0 bridgehead atoms. The molecule has 0 saturated heterocycles. The predicted octanol–water partition coefficient (Wildman–Crippen LogP) is 2.19. The first kappa shape index (κ1) is 21.6. The molecule has 0 atom stereocenters. The molecule has 10 heteroatoms. The molecule has 4 aromatic rings. The minimum Gasteiger partial charge on any atom is -0.504 e. The number of phenols is 1. The molecule has 2 aromatic heterocycles. The Hall–Kier alpha value is -4.08. The van der Waals surface area contributed by atoms with Gasteiger partial charge in [0.1, 0.15) is 11.6 Å². The van der Waals surface area contributed by atoms with E-state index >= 15 is 0 Å². The molecule has 0 radical (unpaired) electrons. The molecule has 2 aromatic carbocycles. The highest BCUT2D eigenvalue weighted by molar-refractivity contribution is 5.82. The molecule has 0 aliphatic heterocycles. The van der Waals surface area contributed by atoms with E-state index in [4.69, 9.17) is 14.2 Å². The minimum atomic E-state index is -0.268. The SMILES string of the molecule is COc1cc2nc(C)[nH]c(=O)c2cc1O.COc1cc2nc(C)[nH]c(=O)c2cc1OC. The average Bonchev–Trinajstić information content (AvgIpc) is 2.73. The fourth-order valence-corrected chi connectivity index (χ4v) is 3.02. The van der Waals surface area contributed by atoms with E-state index in [1.807, 2.05) is 0 Å². The number of nitrogens with zero attached hydrogens (tertiary/aromatic N) is 2. The molecule has 0 unspecified atom stereocenters. The summed E-state index contributed by atoms with van der Waals surface area (Å²) >= 11 is 0. The summed E-state index contributed by atoms with van der Waals surface area (Å²) in [4.78, 5) is 36.7. The lowest BCUT2D eigenvalue weighted by molar-refractivity contribution is 0.355. The molecule has 0 spiro atoms. The van der Waals surface area contributed by atoms with E-state index in [0.29, 0.717) is 50.7 Å². The molecule has 10 nitrogen and oxygen atoms in total. The molecule has 2 heterocycles. The van der Waals surface area contributed by atoms with Crippen molar-refractivity contribution in [2.75, 3.05) is 21.3 Å². The number of rotatable bonds is 3. The highest BCUT2D eigenvalue weighted by atomic mass is 16.5. The summed E-state index contributed by atoms with van der Waals surface area (Å²) in [6.07, 6.45) is 0. The maximum Gasteiger partial charge on any atom is 0.258 e. The van der Waals surface area contributed by atoms with Crippen LogP contribution in [0, 0.1) is 13.8 Å². The molecule has 4 rings (SSSR count). The Balaban J connectivity index is 0.000000176. The van der Waals surface area contributed by atoms with Crippen LogP contribution in [0.5, 0.6) is 23.0 Å². The molecular weight excluding hydrogens is 404 g/mol. The van der Waals surface area contributed by atoms with Gasteiger partial charge in [0, 0.05) is 12.1 Å². The Morgan fingerprint density at radius 3 is 1.61 bits per heavy atom. The molecule has 0 saturated carbocycles. The van der Waals surface area contributed by atoms with Gasteiger partial charge in [-0.05, 0) is 26.0 Å². The van der Waals surface area contributed by atoms with Gasteiger partial charge in [-0.1, -0.05) is 0 Å². The van der Waals surface area contributed by atoms with E-state index in [9.17, 15) is 14.7 Å². The van der Waals surface area contributed by atoms with Gasteiger partial charge in [0.05, 0.1) is 43.1 Å². The first-order chi connectivity index (χ1) is 14.8. The van der Waals surface area contributed by atoms with Gasteiger partial charge in [0.15, 0.2) is 23.0 Å². The molecule has 0 fully saturated rings. The predicted molar refractivity (Wildman–Crippen MR) is 116 cm³/mol. The third kappa shape index (κ3) is 4.42. The maximum absolute atomic E-state index is 11.7. The van der Waals surface area contributed by atoms with Crippen molar-refractivity contribution in [2.24, 2.45) is 0 Å². The van der Waals surface area contributed by atoms with Crippen LogP contribution in [0.25, 0.3) is 21.8 Å². The van der Waals surface area contributed by atoms with E-state index < -0.39 is 0 Å². The zero-order valence-corrected chi connectivity index (χ0v) is 17.7. The first-order valence-electron chi connectivity index (χ1n) is 9.17. The van der Waals surface area contributed by atoms with Crippen molar-refractivity contribution in [2.45, 2.75) is 13.8 Å². The molecule has 0 aliphatic carbocycles. The molecule has 162 valence electrons. The Morgan fingerprint density at radius 1 is 0.710 bits per heavy atom. The van der Waals surface area contributed by atoms with Gasteiger partial charge >= 0.3 is 0 Å². The van der Waals surface area contributed by atoms with Crippen LogP contribution in [0.1, 0.15) is 11.6 Å². The summed E-state index contributed by atoms with van der Waals surface area (Å²) in [7, 11) is 4.52. The van der Waals surface area contributed by atoms with E-state index in [0.717, 1.165) is 0 Å². The van der Waals surface area contributed by atoms with Crippen LogP contribution in [-0.2, 0) is 0 Å². The smallest absolute Gasteiger partial charge is 0.258 e. The zero-order valence-electron chi connectivity index (χ0n) is 17.7. The van der Waals surface area contributed by atoms with Gasteiger partial charge in [-0.3, -0.25) is 9.59 Å². The Kier molecular flexibility index (Phi) is 6.10. The van der Waals surface area contributed by atoms with Crippen molar-refractivity contribution >= 4 is 21.8 Å². The Labute approximate surface area is 176 Å². The fourth-order valence-electron chi connectivity index (χ4n) is 3.02. The zero-order chi connectivity index (χ0) is 22.7. The van der Waals surface area contributed by atoms with Crippen LogP contribution in [0.2, 0.25) is 0 Å². The van der Waals surface area contributed by atoms with Crippen molar-refractivity contribution in [3.05, 3.63) is 56.6 Å². The highest BCUT2D eigenvalue weighted by Gasteiger charge is 2.10. The van der Waals surface area contributed by atoms with Gasteiger partial charge in [-0.15, -0.1) is 0 Å². The first-order valence-corrected chi connectivity index (χ1v) is 9.17. The number of fused-ring (bicyclic) bond motifs is 2. The van der Waals surface area contributed by atoms with Crippen LogP contribution in [-0.4, -0.2) is 46.4 Å². The molecule has 31 heavy (non-hydrogen) atoms. The number of hydrogen-bond acceptors (Lipinski definition) is 8. The number of methoxy groups -OCH3 is 3. The van der Waals surface area contributed by atoms with Crippen molar-refractivity contribution in [1.82, 2.24) is 19.9 Å². The number of phenolic OH excluding ortho intramolecular Hbond substituents is 1. The van der Waals surface area contributed by atoms with E-state index in [2.05, 4.69) is 19.9 Å². The van der Waals surface area contributed by atoms with Crippen molar-refractivity contribution < 1.29 is 19.3 Å². The van der Waals surface area contributed by atoms with Gasteiger partial charge in [-0.2, -0.15) is 0 Å².